The lowest BCUT2D eigenvalue weighted by Gasteiger charge is -2.17. The van der Waals surface area contributed by atoms with Crippen LogP contribution >= 0.6 is 0 Å². The van der Waals surface area contributed by atoms with Crippen molar-refractivity contribution in [1.29, 1.82) is 0 Å². The van der Waals surface area contributed by atoms with E-state index in [1.54, 1.807) is 12.1 Å². The molecule has 4 aromatic rings. The second-order valence-corrected chi connectivity index (χ2v) is 9.62. The summed E-state index contributed by atoms with van der Waals surface area (Å²) in [4.78, 5) is 58.4. The predicted octanol–water partition coefficient (Wildman–Crippen LogP) is 7.87. The molecular weight excluding hydrogens is 590 g/mol. The Morgan fingerprint density at radius 1 is 0.591 bits per heavy atom. The van der Waals surface area contributed by atoms with E-state index >= 15 is 0 Å². The fourth-order valence-electron chi connectivity index (χ4n) is 4.43. The third-order valence-electron chi connectivity index (χ3n) is 6.58. The lowest BCUT2D eigenvalue weighted by Crippen LogP contribution is -2.16. The number of benzene rings is 2. The van der Waals surface area contributed by atoms with Crippen molar-refractivity contribution in [1.82, 2.24) is 9.97 Å². The van der Waals surface area contributed by atoms with Gasteiger partial charge in [0.1, 0.15) is 11.4 Å². The maximum atomic E-state index is 14.3. The zero-order valence-corrected chi connectivity index (χ0v) is 22.7. The minimum absolute atomic E-state index is 0.0762. The average Bonchev–Trinajstić information content (AvgIpc) is 3.01. The third kappa shape index (κ3) is 7.68. The summed E-state index contributed by atoms with van der Waals surface area (Å²) >= 11 is 0. The van der Waals surface area contributed by atoms with Gasteiger partial charge in [-0.3, -0.25) is 24.2 Å². The van der Waals surface area contributed by atoms with Crippen LogP contribution in [0.25, 0.3) is 11.3 Å². The van der Waals surface area contributed by atoms with Crippen LogP contribution in [0.4, 0.5) is 26.3 Å². The molecule has 0 bridgehead atoms. The molecule has 0 saturated carbocycles. The van der Waals surface area contributed by atoms with Gasteiger partial charge in [-0.25, -0.2) is 4.98 Å². The lowest BCUT2D eigenvalue weighted by atomic mass is 9.93. The monoisotopic (exact) mass is 612 g/mol. The highest BCUT2D eigenvalue weighted by Crippen LogP contribution is 2.39. The zero-order valence-electron chi connectivity index (χ0n) is 22.7. The highest BCUT2D eigenvalue weighted by molar-refractivity contribution is 6.04. The molecule has 6 nitrogen and oxygen atoms in total. The van der Waals surface area contributed by atoms with Gasteiger partial charge in [-0.15, -0.1) is 0 Å². The van der Waals surface area contributed by atoms with Gasteiger partial charge in [0.2, 0.25) is 0 Å². The van der Waals surface area contributed by atoms with Crippen molar-refractivity contribution in [3.8, 4) is 11.3 Å². The topological polar surface area (TPSA) is 94.1 Å². The molecule has 0 N–H and O–H groups in total. The summed E-state index contributed by atoms with van der Waals surface area (Å²) < 4.78 is 81.9. The SMILES string of the molecule is O=C(CCC(=O)c1cccc(-c2cccc(C(=O)CCC(=O)c3ccccn3)c2C(F)(F)F)n1)c1cccc(C(F)(F)F)c1. The quantitative estimate of drug-likeness (QED) is 0.126. The maximum Gasteiger partial charge on any atom is 0.417 e. The molecule has 0 radical (unpaired) electrons. The van der Waals surface area contributed by atoms with Crippen LogP contribution in [0.1, 0.15) is 78.5 Å². The maximum absolute atomic E-state index is 14.3. The number of carbonyl (C=O) groups is 4. The first-order valence-electron chi connectivity index (χ1n) is 13.1. The van der Waals surface area contributed by atoms with Crippen LogP contribution in [0.5, 0.6) is 0 Å². The Morgan fingerprint density at radius 3 is 1.86 bits per heavy atom. The Balaban J connectivity index is 1.54. The molecule has 2 heterocycles. The van der Waals surface area contributed by atoms with E-state index in [-0.39, 0.29) is 29.1 Å². The molecule has 0 fully saturated rings. The number of halogens is 6. The first kappa shape index (κ1) is 31.9. The summed E-state index contributed by atoms with van der Waals surface area (Å²) in [7, 11) is 0. The van der Waals surface area contributed by atoms with E-state index in [1.165, 1.54) is 42.6 Å². The van der Waals surface area contributed by atoms with Crippen molar-refractivity contribution < 1.29 is 45.5 Å². The number of rotatable bonds is 11. The van der Waals surface area contributed by atoms with E-state index in [4.69, 9.17) is 0 Å². The van der Waals surface area contributed by atoms with Crippen molar-refractivity contribution in [2.75, 3.05) is 0 Å². The van der Waals surface area contributed by atoms with Gasteiger partial charge in [0, 0.05) is 48.6 Å². The third-order valence-corrected chi connectivity index (χ3v) is 6.58. The largest absolute Gasteiger partial charge is 0.417 e. The Bertz CT molecular complexity index is 1720. The molecule has 2 aromatic carbocycles. The molecular formula is C32H22F6N2O4. The second-order valence-electron chi connectivity index (χ2n) is 9.62. The fourth-order valence-corrected chi connectivity index (χ4v) is 4.43. The lowest BCUT2D eigenvalue weighted by molar-refractivity contribution is -0.138. The van der Waals surface area contributed by atoms with Crippen molar-refractivity contribution in [3.05, 3.63) is 119 Å². The van der Waals surface area contributed by atoms with E-state index in [2.05, 4.69) is 9.97 Å². The number of alkyl halides is 6. The number of hydrogen-bond donors (Lipinski definition) is 0. The molecule has 0 unspecified atom stereocenters. The molecule has 2 aromatic heterocycles. The van der Waals surface area contributed by atoms with Crippen LogP contribution in [0.3, 0.4) is 0 Å². The van der Waals surface area contributed by atoms with Crippen molar-refractivity contribution >= 4 is 23.1 Å². The first-order valence-corrected chi connectivity index (χ1v) is 13.1. The van der Waals surface area contributed by atoms with E-state index in [1.807, 2.05) is 0 Å². The Morgan fingerprint density at radius 2 is 1.20 bits per heavy atom. The Hall–Kier alpha value is -5.00. The van der Waals surface area contributed by atoms with Crippen LogP contribution in [0.2, 0.25) is 0 Å². The number of hydrogen-bond acceptors (Lipinski definition) is 6. The molecule has 0 aliphatic carbocycles. The normalized spacial score (nSPS) is 11.7. The number of aromatic nitrogens is 2. The molecule has 0 amide bonds. The van der Waals surface area contributed by atoms with Crippen molar-refractivity contribution in [3.63, 3.8) is 0 Å². The molecule has 0 atom stereocenters. The van der Waals surface area contributed by atoms with E-state index < -0.39 is 77.0 Å². The standard InChI is InChI=1S/C32H22F6N2O4/c33-31(34,35)20-7-3-6-19(18-20)26(41)13-15-29(44)25-12-5-11-23(40-25)21-8-4-9-22(30(21)32(36,37)38)27(42)14-16-28(43)24-10-1-2-17-39-24/h1-12,17-18H,13-16H2. The molecule has 0 saturated heterocycles. The minimum atomic E-state index is -5.01. The molecule has 4 rings (SSSR count). The summed E-state index contributed by atoms with van der Waals surface area (Å²) in [5, 5.41) is 0. The molecule has 12 heteroatoms. The van der Waals surface area contributed by atoms with E-state index in [9.17, 15) is 45.5 Å². The molecule has 0 aliphatic heterocycles. The number of carbonyl (C=O) groups excluding carboxylic acids is 4. The molecule has 44 heavy (non-hydrogen) atoms. The minimum Gasteiger partial charge on any atom is -0.294 e. The van der Waals surface area contributed by atoms with Gasteiger partial charge in [-0.2, -0.15) is 26.3 Å². The number of nitrogens with zero attached hydrogens (tertiary/aromatic N) is 2. The molecule has 226 valence electrons. The number of pyridine rings is 2. The summed E-state index contributed by atoms with van der Waals surface area (Å²) in [5.74, 6) is -2.89. The highest BCUT2D eigenvalue weighted by atomic mass is 19.4. The van der Waals surface area contributed by atoms with Crippen LogP contribution in [0.15, 0.2) is 85.1 Å². The number of ketones is 4. The van der Waals surface area contributed by atoms with Gasteiger partial charge in [0.15, 0.2) is 23.1 Å². The molecule has 0 spiro atoms. The molecule has 0 aliphatic rings. The van der Waals surface area contributed by atoms with Crippen LogP contribution < -0.4 is 0 Å². The van der Waals surface area contributed by atoms with Gasteiger partial charge < -0.3 is 0 Å². The van der Waals surface area contributed by atoms with Crippen LogP contribution in [0, 0.1) is 0 Å². The van der Waals surface area contributed by atoms with Gasteiger partial charge in [-0.1, -0.05) is 42.5 Å². The fraction of sp³-hybridized carbons (Fsp3) is 0.188. The summed E-state index contributed by atoms with van der Waals surface area (Å²) in [6, 6.07) is 15.3. The highest BCUT2D eigenvalue weighted by Gasteiger charge is 2.38. The zero-order chi connectivity index (χ0) is 32.1. The Kier molecular flexibility index (Phi) is 9.51. The van der Waals surface area contributed by atoms with Gasteiger partial charge in [0.05, 0.1) is 16.8 Å². The van der Waals surface area contributed by atoms with E-state index in [0.29, 0.717) is 6.07 Å². The van der Waals surface area contributed by atoms with Crippen molar-refractivity contribution in [2.24, 2.45) is 0 Å². The van der Waals surface area contributed by atoms with Crippen molar-refractivity contribution in [2.45, 2.75) is 38.0 Å². The summed E-state index contributed by atoms with van der Waals surface area (Å²) in [5.41, 5.74) is -4.17. The van der Waals surface area contributed by atoms with Crippen LogP contribution in [-0.2, 0) is 12.4 Å². The Labute approximate surface area is 246 Å². The number of Topliss-reactive ketones (excluding diaryl/α,β-unsaturated/α-hetero) is 4. The predicted molar refractivity (Wildman–Crippen MR) is 146 cm³/mol. The average molecular weight is 613 g/mol. The van der Waals surface area contributed by atoms with E-state index in [0.717, 1.165) is 24.3 Å². The van der Waals surface area contributed by atoms with Crippen LogP contribution in [-0.4, -0.2) is 33.1 Å². The second kappa shape index (κ2) is 13.1. The smallest absolute Gasteiger partial charge is 0.294 e. The summed E-state index contributed by atoms with van der Waals surface area (Å²) in [6.07, 6.45) is -10.1. The van der Waals surface area contributed by atoms with Gasteiger partial charge in [-0.05, 0) is 36.4 Å². The van der Waals surface area contributed by atoms with Gasteiger partial charge in [0.25, 0.3) is 0 Å². The summed E-state index contributed by atoms with van der Waals surface area (Å²) in [6.45, 7) is 0. The van der Waals surface area contributed by atoms with Gasteiger partial charge >= 0.3 is 12.4 Å². The first-order chi connectivity index (χ1) is 20.8.